The van der Waals surface area contributed by atoms with Crippen LogP contribution in [0, 0.1) is 5.92 Å². The van der Waals surface area contributed by atoms with Gasteiger partial charge in [0.05, 0.1) is 0 Å². The number of hydrazine groups is 1. The molecule has 0 rings (SSSR count). The number of nitrogens with one attached hydrogen (secondary N) is 2. The minimum Gasteiger partial charge on any atom is -0.287 e. The molecule has 0 aliphatic heterocycles. The number of amides is 1. The molecule has 3 nitrogen and oxygen atoms in total. The van der Waals surface area contributed by atoms with Crippen LogP contribution in [-0.2, 0) is 4.79 Å². The van der Waals surface area contributed by atoms with Crippen LogP contribution in [0.1, 0.15) is 34.6 Å². The molecule has 0 unspecified atom stereocenters. The third-order valence-electron chi connectivity index (χ3n) is 2.33. The van der Waals surface area contributed by atoms with Crippen LogP contribution in [0.2, 0.25) is 0 Å². The lowest BCUT2D eigenvalue weighted by Gasteiger charge is -2.30. The Hall–Kier alpha value is -0.830. The fourth-order valence-corrected chi connectivity index (χ4v) is 0.469. The van der Waals surface area contributed by atoms with E-state index in [1.807, 2.05) is 13.8 Å². The van der Waals surface area contributed by atoms with Crippen LogP contribution in [0.5, 0.6) is 0 Å². The van der Waals surface area contributed by atoms with Gasteiger partial charge in [-0.3, -0.25) is 10.2 Å². The highest BCUT2D eigenvalue weighted by Crippen LogP contribution is 2.13. The van der Waals surface area contributed by atoms with E-state index in [-0.39, 0.29) is 11.4 Å². The third kappa shape index (κ3) is 4.08. The summed E-state index contributed by atoms with van der Waals surface area (Å²) in [6, 6.07) is 0. The molecule has 0 heterocycles. The molecule has 0 bridgehead atoms. The SMILES string of the molecule is C=C(C)C(=O)NNC(C)(C)C(C)C. The molecule has 0 spiro atoms. The van der Waals surface area contributed by atoms with Crippen LogP contribution < -0.4 is 10.9 Å². The maximum Gasteiger partial charge on any atom is 0.260 e. The first-order chi connectivity index (χ1) is 5.77. The number of hydrogen-bond donors (Lipinski definition) is 2. The third-order valence-corrected chi connectivity index (χ3v) is 2.33. The standard InChI is InChI=1S/C10H20N2O/c1-7(2)9(13)11-12-10(5,6)8(3)4/h8,12H,1H2,2-6H3,(H,11,13). The van der Waals surface area contributed by atoms with Crippen molar-refractivity contribution < 1.29 is 4.79 Å². The summed E-state index contributed by atoms with van der Waals surface area (Å²) in [6.07, 6.45) is 0. The largest absolute Gasteiger partial charge is 0.287 e. The van der Waals surface area contributed by atoms with Gasteiger partial charge in [0, 0.05) is 11.1 Å². The van der Waals surface area contributed by atoms with Crippen molar-refractivity contribution in [2.75, 3.05) is 0 Å². The second kappa shape index (κ2) is 4.42. The Morgan fingerprint density at radius 3 is 2.15 bits per heavy atom. The molecule has 0 fully saturated rings. The van der Waals surface area contributed by atoms with Crippen molar-refractivity contribution in [3.63, 3.8) is 0 Å². The average Bonchev–Trinajstić information content (AvgIpc) is 1.99. The van der Waals surface area contributed by atoms with E-state index in [0.717, 1.165) is 0 Å². The molecule has 2 N–H and O–H groups in total. The minimum atomic E-state index is -0.159. The normalized spacial score (nSPS) is 11.5. The Labute approximate surface area is 80.6 Å². The lowest BCUT2D eigenvalue weighted by atomic mass is 9.92. The molecule has 0 aromatic carbocycles. The van der Waals surface area contributed by atoms with Crippen LogP contribution in [0.4, 0.5) is 0 Å². The fourth-order valence-electron chi connectivity index (χ4n) is 0.469. The first kappa shape index (κ1) is 12.2. The number of carbonyl (C=O) groups is 1. The molecule has 13 heavy (non-hydrogen) atoms. The lowest BCUT2D eigenvalue weighted by molar-refractivity contribution is -0.119. The molecule has 0 radical (unpaired) electrons. The van der Waals surface area contributed by atoms with Crippen LogP contribution in [0.25, 0.3) is 0 Å². The predicted octanol–water partition coefficient (Wildman–Crippen LogP) is 1.62. The molecule has 0 saturated heterocycles. The smallest absolute Gasteiger partial charge is 0.260 e. The van der Waals surface area contributed by atoms with Crippen LogP contribution >= 0.6 is 0 Å². The fraction of sp³-hybridized carbons (Fsp3) is 0.700. The quantitative estimate of drug-likeness (QED) is 0.515. The highest BCUT2D eigenvalue weighted by atomic mass is 16.2. The van der Waals surface area contributed by atoms with E-state index in [0.29, 0.717) is 11.5 Å². The Kier molecular flexibility index (Phi) is 4.14. The van der Waals surface area contributed by atoms with Gasteiger partial charge in [-0.15, -0.1) is 0 Å². The molecule has 0 aliphatic rings. The zero-order valence-corrected chi connectivity index (χ0v) is 9.19. The molecule has 0 saturated carbocycles. The highest BCUT2D eigenvalue weighted by Gasteiger charge is 2.22. The molecule has 76 valence electrons. The van der Waals surface area contributed by atoms with Gasteiger partial charge < -0.3 is 0 Å². The Morgan fingerprint density at radius 1 is 1.38 bits per heavy atom. The molecule has 1 amide bonds. The van der Waals surface area contributed by atoms with Crippen molar-refractivity contribution >= 4 is 5.91 Å². The lowest BCUT2D eigenvalue weighted by Crippen LogP contribution is -2.53. The Morgan fingerprint density at radius 2 is 1.85 bits per heavy atom. The van der Waals surface area contributed by atoms with Crippen molar-refractivity contribution in [2.24, 2.45) is 5.92 Å². The van der Waals surface area contributed by atoms with E-state index in [9.17, 15) is 4.79 Å². The second-order valence-electron chi connectivity index (χ2n) is 4.24. The van der Waals surface area contributed by atoms with E-state index in [1.54, 1.807) is 6.92 Å². The summed E-state index contributed by atoms with van der Waals surface area (Å²) in [5.41, 5.74) is 5.99. The number of hydrogen-bond acceptors (Lipinski definition) is 2. The second-order valence-corrected chi connectivity index (χ2v) is 4.24. The van der Waals surface area contributed by atoms with Crippen LogP contribution in [0.15, 0.2) is 12.2 Å². The summed E-state index contributed by atoms with van der Waals surface area (Å²) in [4.78, 5) is 11.1. The zero-order chi connectivity index (χ0) is 10.6. The van der Waals surface area contributed by atoms with E-state index in [1.165, 1.54) is 0 Å². The van der Waals surface area contributed by atoms with Gasteiger partial charge in [0.15, 0.2) is 0 Å². The summed E-state index contributed by atoms with van der Waals surface area (Å²) in [7, 11) is 0. The molecule has 0 aliphatic carbocycles. The summed E-state index contributed by atoms with van der Waals surface area (Å²) < 4.78 is 0. The van der Waals surface area contributed by atoms with Crippen molar-refractivity contribution in [3.05, 3.63) is 12.2 Å². The maximum absolute atomic E-state index is 11.1. The van der Waals surface area contributed by atoms with E-state index >= 15 is 0 Å². The van der Waals surface area contributed by atoms with Gasteiger partial charge in [0.1, 0.15) is 0 Å². The Balaban J connectivity index is 4.02. The van der Waals surface area contributed by atoms with Crippen LogP contribution in [0.3, 0.4) is 0 Å². The molecular weight excluding hydrogens is 164 g/mol. The van der Waals surface area contributed by atoms with Crippen molar-refractivity contribution in [1.29, 1.82) is 0 Å². The summed E-state index contributed by atoms with van der Waals surface area (Å²) in [5, 5.41) is 0. The molecule has 0 aromatic rings. The number of rotatable bonds is 4. The summed E-state index contributed by atoms with van der Waals surface area (Å²) in [5.74, 6) is 0.284. The first-order valence-corrected chi connectivity index (χ1v) is 4.50. The summed E-state index contributed by atoms with van der Waals surface area (Å²) in [6.45, 7) is 13.5. The van der Waals surface area contributed by atoms with Crippen molar-refractivity contribution in [3.8, 4) is 0 Å². The molecular formula is C10H20N2O. The minimum absolute atomic E-state index is 0.106. The number of carbonyl (C=O) groups excluding carboxylic acids is 1. The topological polar surface area (TPSA) is 41.1 Å². The predicted molar refractivity (Wildman–Crippen MR) is 55.0 cm³/mol. The monoisotopic (exact) mass is 184 g/mol. The van der Waals surface area contributed by atoms with Gasteiger partial charge in [-0.1, -0.05) is 20.4 Å². The van der Waals surface area contributed by atoms with Gasteiger partial charge >= 0.3 is 0 Å². The van der Waals surface area contributed by atoms with Crippen molar-refractivity contribution in [2.45, 2.75) is 40.2 Å². The molecule has 0 atom stereocenters. The highest BCUT2D eigenvalue weighted by molar-refractivity contribution is 5.91. The van der Waals surface area contributed by atoms with E-state index in [2.05, 4.69) is 31.3 Å². The van der Waals surface area contributed by atoms with Crippen molar-refractivity contribution in [1.82, 2.24) is 10.9 Å². The van der Waals surface area contributed by atoms with Gasteiger partial charge in [0.2, 0.25) is 0 Å². The van der Waals surface area contributed by atoms with Gasteiger partial charge in [-0.05, 0) is 26.7 Å². The van der Waals surface area contributed by atoms with Gasteiger partial charge in [-0.2, -0.15) is 0 Å². The van der Waals surface area contributed by atoms with Gasteiger partial charge in [-0.25, -0.2) is 5.43 Å². The maximum atomic E-state index is 11.1. The van der Waals surface area contributed by atoms with Gasteiger partial charge in [0.25, 0.3) is 5.91 Å². The van der Waals surface area contributed by atoms with E-state index < -0.39 is 0 Å². The Bertz CT molecular complexity index is 207. The summed E-state index contributed by atoms with van der Waals surface area (Å²) >= 11 is 0. The van der Waals surface area contributed by atoms with Crippen LogP contribution in [-0.4, -0.2) is 11.4 Å². The average molecular weight is 184 g/mol. The molecule has 0 aromatic heterocycles. The zero-order valence-electron chi connectivity index (χ0n) is 9.19. The van der Waals surface area contributed by atoms with E-state index in [4.69, 9.17) is 0 Å². The first-order valence-electron chi connectivity index (χ1n) is 4.50. The molecule has 3 heteroatoms.